The van der Waals surface area contributed by atoms with E-state index < -0.39 is 23.2 Å². The Bertz CT molecular complexity index is 827. The summed E-state index contributed by atoms with van der Waals surface area (Å²) >= 11 is 12.8. The number of carbonyl (C=O) groups excluding carboxylic acids is 3. The van der Waals surface area contributed by atoms with Gasteiger partial charge < -0.3 is 27.2 Å². The third-order valence-electron chi connectivity index (χ3n) is 3.57. The second-order valence-corrected chi connectivity index (χ2v) is 7.01. The van der Waals surface area contributed by atoms with Crippen LogP contribution >= 0.6 is 23.2 Å². The van der Waals surface area contributed by atoms with Crippen molar-refractivity contribution in [3.8, 4) is 12.3 Å². The van der Waals surface area contributed by atoms with E-state index in [-0.39, 0.29) is 44.5 Å². The Balaban J connectivity index is 0. The molecule has 1 aromatic heterocycles. The number of halogens is 3. The van der Waals surface area contributed by atoms with E-state index >= 15 is 0 Å². The topological polar surface area (TPSA) is 139 Å². The molecule has 0 saturated heterocycles. The molecule has 0 radical (unpaired) electrons. The average molecular weight is 533 g/mol. The minimum Gasteiger partial charge on any atom is -1.00 e. The molecule has 0 aromatic carbocycles. The second-order valence-electron chi connectivity index (χ2n) is 5.52. The van der Waals surface area contributed by atoms with Gasteiger partial charge in [0.05, 0.1) is 10.0 Å². The number of Topliss-reactive ketones (excluding diaryl/α,β-unsaturated/α-hetero) is 2. The van der Waals surface area contributed by atoms with Crippen molar-refractivity contribution in [2.45, 2.75) is 30.2 Å². The van der Waals surface area contributed by atoms with Crippen molar-refractivity contribution >= 4 is 74.7 Å². The molecular formula is C18H16BrCl2MgNO7. The van der Waals surface area contributed by atoms with Gasteiger partial charge in [0.2, 0.25) is 0 Å². The molecule has 2 N–H and O–H groups in total. The van der Waals surface area contributed by atoms with Gasteiger partial charge in [0.15, 0.2) is 12.0 Å². The largest absolute Gasteiger partial charge is 1.00 e. The predicted octanol–water partition coefficient (Wildman–Crippen LogP) is -0.491. The number of terminal acetylenes is 1. The number of carbonyl (C=O) groups is 5. The number of pyridine rings is 1. The van der Waals surface area contributed by atoms with E-state index in [4.69, 9.17) is 38.2 Å². The molecule has 0 spiro atoms. The predicted molar refractivity (Wildman–Crippen MR) is 106 cm³/mol. The molecule has 1 aliphatic rings. The molecule has 1 aromatic rings. The molecule has 0 bridgehead atoms. The molecular weight excluding hydrogens is 517 g/mol. The molecule has 8 nitrogen and oxygen atoms in total. The number of rotatable bonds is 4. The van der Waals surface area contributed by atoms with Crippen molar-refractivity contribution in [3.63, 3.8) is 0 Å². The van der Waals surface area contributed by atoms with Crippen LogP contribution in [-0.2, 0) is 14.4 Å². The van der Waals surface area contributed by atoms with Crippen molar-refractivity contribution in [2.24, 2.45) is 5.92 Å². The maximum Gasteiger partial charge on any atom is -1.00 e. The summed E-state index contributed by atoms with van der Waals surface area (Å²) in [6, 6.07) is 0. The first kappa shape index (κ1) is 30.7. The Morgan fingerprint density at radius 2 is 1.73 bits per heavy atom. The number of aromatic carboxylic acids is 2. The smallest absolute Gasteiger partial charge is 1.00 e. The molecule has 1 heterocycles. The average Bonchev–Trinajstić information content (AvgIpc) is 2.67. The Morgan fingerprint density at radius 3 is 2.10 bits per heavy atom. The van der Waals surface area contributed by atoms with Crippen molar-refractivity contribution in [2.75, 3.05) is 0 Å². The van der Waals surface area contributed by atoms with E-state index in [2.05, 4.69) is 11.4 Å². The number of ketones is 2. The van der Waals surface area contributed by atoms with Crippen LogP contribution in [0.4, 0.5) is 0 Å². The van der Waals surface area contributed by atoms with E-state index in [1.165, 1.54) is 0 Å². The fourth-order valence-electron chi connectivity index (χ4n) is 2.31. The van der Waals surface area contributed by atoms with Crippen LogP contribution in [0, 0.1) is 18.3 Å². The van der Waals surface area contributed by atoms with Crippen molar-refractivity contribution in [3.05, 3.63) is 27.5 Å². The SMILES string of the molecule is C#CC=O.O=C(O)c1ncc(Cl)c(Cl)c1C(=O)O.O=C1CCCC(=O)C1C[CH2][Mg+].[Br-]. The van der Waals surface area contributed by atoms with Crippen LogP contribution in [-0.4, -0.2) is 66.7 Å². The van der Waals surface area contributed by atoms with Crippen molar-refractivity contribution in [1.29, 1.82) is 0 Å². The fourth-order valence-corrected chi connectivity index (χ4v) is 3.08. The van der Waals surface area contributed by atoms with Crippen molar-refractivity contribution < 1.29 is 51.2 Å². The van der Waals surface area contributed by atoms with Gasteiger partial charge in [-0.15, -0.1) is 6.42 Å². The van der Waals surface area contributed by atoms with Crippen LogP contribution in [0.2, 0.25) is 14.6 Å². The molecule has 1 aliphatic carbocycles. The van der Waals surface area contributed by atoms with Gasteiger partial charge in [-0.1, -0.05) is 23.2 Å². The number of nitrogens with zero attached hydrogens (tertiary/aromatic N) is 1. The zero-order valence-corrected chi connectivity index (χ0v) is 20.1. The molecule has 0 amide bonds. The first-order valence-electron chi connectivity index (χ1n) is 8.17. The van der Waals surface area contributed by atoms with Crippen molar-refractivity contribution in [1.82, 2.24) is 4.98 Å². The summed E-state index contributed by atoms with van der Waals surface area (Å²) in [5.41, 5.74) is -1.24. The van der Waals surface area contributed by atoms with E-state index in [1.54, 1.807) is 5.92 Å². The zero-order valence-electron chi connectivity index (χ0n) is 15.6. The minimum atomic E-state index is -1.48. The molecule has 30 heavy (non-hydrogen) atoms. The van der Waals surface area contributed by atoms with Crippen LogP contribution < -0.4 is 17.0 Å². The molecule has 1 fully saturated rings. The van der Waals surface area contributed by atoms with E-state index in [0.29, 0.717) is 19.1 Å². The summed E-state index contributed by atoms with van der Waals surface area (Å²) < 4.78 is 0.960. The maximum absolute atomic E-state index is 11.2. The maximum atomic E-state index is 11.2. The van der Waals surface area contributed by atoms with Gasteiger partial charge in [0.25, 0.3) is 0 Å². The quantitative estimate of drug-likeness (QED) is 0.229. The van der Waals surface area contributed by atoms with E-state index in [0.717, 1.165) is 23.6 Å². The van der Waals surface area contributed by atoms with E-state index in [1.807, 2.05) is 21.7 Å². The van der Waals surface area contributed by atoms with Gasteiger partial charge in [0, 0.05) is 6.20 Å². The summed E-state index contributed by atoms with van der Waals surface area (Å²) in [5, 5.41) is 16.8. The summed E-state index contributed by atoms with van der Waals surface area (Å²) in [6.07, 6.45) is 8.60. The third-order valence-corrected chi connectivity index (χ3v) is 4.76. The van der Waals surface area contributed by atoms with Gasteiger partial charge >= 0.3 is 91.0 Å². The van der Waals surface area contributed by atoms with Crippen LogP contribution in [0.1, 0.15) is 46.5 Å². The molecule has 0 aliphatic heterocycles. The molecule has 0 unspecified atom stereocenters. The van der Waals surface area contributed by atoms with Crippen LogP contribution in [0.3, 0.4) is 0 Å². The van der Waals surface area contributed by atoms with Crippen LogP contribution in [0.25, 0.3) is 0 Å². The molecule has 2 rings (SSSR count). The molecule has 12 heteroatoms. The number of carboxylic acids is 2. The number of aldehydes is 1. The standard InChI is InChI=1S/C8H11O2.C7H3Cl2NO4.C3H2O.BrH.Mg/c1-2-6-7(9)4-3-5-8(6)10;8-2-1-10-5(7(13)14)3(4(2)9)6(11)12;1-2-3-4;;/h6H,1-5H2;1H,(H,11,12)(H,13,14);1,3H;1H;/q;;;;+1/p-1. The first-order valence-corrected chi connectivity index (χ1v) is 9.92. The van der Waals surface area contributed by atoms with Gasteiger partial charge in [-0.05, 0) is 5.92 Å². The monoisotopic (exact) mass is 531 g/mol. The van der Waals surface area contributed by atoms with Crippen LogP contribution in [0.5, 0.6) is 0 Å². The van der Waals surface area contributed by atoms with Gasteiger partial charge in [-0.3, -0.25) is 4.79 Å². The van der Waals surface area contributed by atoms with Gasteiger partial charge in [0.1, 0.15) is 5.56 Å². The molecule has 0 atom stereocenters. The molecule has 158 valence electrons. The number of hydrogen-bond donors (Lipinski definition) is 2. The number of aromatic nitrogens is 1. The summed E-state index contributed by atoms with van der Waals surface area (Å²) in [5.74, 6) is -1.09. The van der Waals surface area contributed by atoms with E-state index in [9.17, 15) is 19.2 Å². The van der Waals surface area contributed by atoms with Gasteiger partial charge in [-0.2, -0.15) is 0 Å². The normalized spacial score (nSPS) is 12.8. The summed E-state index contributed by atoms with van der Waals surface area (Å²) in [4.78, 5) is 55.9. The molecule has 1 saturated carbocycles. The Morgan fingerprint density at radius 1 is 1.23 bits per heavy atom. The summed E-state index contributed by atoms with van der Waals surface area (Å²) in [7, 11) is 0. The van der Waals surface area contributed by atoms with Gasteiger partial charge in [-0.25, -0.2) is 14.6 Å². The number of carboxylic acid groups (broad SMARTS) is 2. The zero-order chi connectivity index (χ0) is 22.6. The first-order chi connectivity index (χ1) is 13.6. The Labute approximate surface area is 205 Å². The summed E-state index contributed by atoms with van der Waals surface area (Å²) in [6.45, 7) is 0. The third kappa shape index (κ3) is 10.00. The fraction of sp³-hybridized carbons (Fsp3) is 0.333. The minimum absolute atomic E-state index is 0. The Kier molecular flexibility index (Phi) is 16.6. The van der Waals surface area contributed by atoms with Crippen LogP contribution in [0.15, 0.2) is 6.20 Å². The second kappa shape index (κ2) is 16.2. The Hall–Kier alpha value is -1.51. The number of hydrogen-bond acceptors (Lipinski definition) is 6.